The molecule has 0 aromatic heterocycles. The molecule has 0 fully saturated rings. The summed E-state index contributed by atoms with van der Waals surface area (Å²) >= 11 is 1.63. The van der Waals surface area contributed by atoms with Gasteiger partial charge in [0, 0.05) is 15.4 Å². The molecule has 0 spiro atoms. The normalized spacial score (nSPS) is 18.1. The minimum atomic E-state index is -0.909. The predicted octanol–water partition coefficient (Wildman–Crippen LogP) is 3.33. The number of hydrogen-bond donors (Lipinski definition) is 1. The summed E-state index contributed by atoms with van der Waals surface area (Å²) in [5.41, 5.74) is 1.41. The third kappa shape index (κ3) is 1.93. The number of aliphatic carboxylic acids is 1. The van der Waals surface area contributed by atoms with Gasteiger partial charge < -0.3 is 9.84 Å². The molecule has 0 saturated carbocycles. The molecule has 3 rings (SSSR count). The van der Waals surface area contributed by atoms with Crippen LogP contribution in [0.3, 0.4) is 0 Å². The smallest absolute Gasteiger partial charge is 0.339 e. The van der Waals surface area contributed by atoms with Crippen molar-refractivity contribution in [3.63, 3.8) is 0 Å². The van der Waals surface area contributed by atoms with Crippen molar-refractivity contribution >= 4 is 17.7 Å². The maximum absolute atomic E-state index is 11.2. The average molecular weight is 260 g/mol. The van der Waals surface area contributed by atoms with Crippen LogP contribution < -0.4 is 0 Å². The highest BCUT2D eigenvalue weighted by atomic mass is 32.2. The van der Waals surface area contributed by atoms with Crippen LogP contribution in [0.25, 0.3) is 0 Å². The van der Waals surface area contributed by atoms with Crippen molar-refractivity contribution in [1.82, 2.24) is 0 Å². The van der Waals surface area contributed by atoms with Gasteiger partial charge in [-0.25, -0.2) is 4.79 Å². The Kier molecular flexibility index (Phi) is 2.88. The summed E-state index contributed by atoms with van der Waals surface area (Å²) in [6.45, 7) is 0.437. The molecule has 3 nitrogen and oxygen atoms in total. The minimum absolute atomic E-state index is 0.302. The third-order valence-electron chi connectivity index (χ3n) is 3.03. The van der Waals surface area contributed by atoms with Crippen LogP contribution in [0, 0.1) is 0 Å². The quantitative estimate of drug-likeness (QED) is 0.841. The molecule has 0 radical (unpaired) electrons. The Morgan fingerprint density at radius 3 is 3.00 bits per heavy atom. The number of hydrogen-bond acceptors (Lipinski definition) is 3. The molecule has 2 aliphatic rings. The van der Waals surface area contributed by atoms with E-state index >= 15 is 0 Å². The van der Waals surface area contributed by atoms with Crippen LogP contribution in [-0.4, -0.2) is 11.1 Å². The number of ether oxygens (including phenoxy) is 1. The first-order valence-electron chi connectivity index (χ1n) is 5.81. The van der Waals surface area contributed by atoms with E-state index in [1.807, 2.05) is 18.2 Å². The summed E-state index contributed by atoms with van der Waals surface area (Å²) in [7, 11) is 0. The highest BCUT2D eigenvalue weighted by Crippen LogP contribution is 2.42. The van der Waals surface area contributed by atoms with Crippen molar-refractivity contribution in [3.8, 4) is 0 Å². The van der Waals surface area contributed by atoms with E-state index in [0.717, 1.165) is 28.2 Å². The van der Waals surface area contributed by atoms with E-state index in [-0.39, 0.29) is 0 Å². The molecule has 1 heterocycles. The molecule has 92 valence electrons. The number of carbonyl (C=O) groups is 1. The SMILES string of the molecule is O=C(O)C1=CCCC2=C1OCc1ccccc1S2. The Morgan fingerprint density at radius 2 is 2.17 bits per heavy atom. The summed E-state index contributed by atoms with van der Waals surface area (Å²) in [4.78, 5) is 13.4. The summed E-state index contributed by atoms with van der Waals surface area (Å²) in [6.07, 6.45) is 3.36. The lowest BCUT2D eigenvalue weighted by atomic mass is 10.1. The minimum Gasteiger partial charge on any atom is -0.487 e. The van der Waals surface area contributed by atoms with Crippen LogP contribution in [0.5, 0.6) is 0 Å². The molecule has 1 aromatic rings. The highest BCUT2D eigenvalue weighted by Gasteiger charge is 2.26. The Bertz CT molecular complexity index is 572. The number of allylic oxidation sites excluding steroid dienone is 2. The number of rotatable bonds is 1. The van der Waals surface area contributed by atoms with Crippen molar-refractivity contribution in [3.05, 3.63) is 52.1 Å². The van der Waals surface area contributed by atoms with Crippen molar-refractivity contribution < 1.29 is 14.6 Å². The second-order valence-electron chi connectivity index (χ2n) is 4.21. The van der Waals surface area contributed by atoms with Gasteiger partial charge in [-0.2, -0.15) is 0 Å². The zero-order chi connectivity index (χ0) is 12.5. The number of carboxylic acids is 1. The molecule has 0 unspecified atom stereocenters. The van der Waals surface area contributed by atoms with Crippen molar-refractivity contribution in [1.29, 1.82) is 0 Å². The number of benzene rings is 1. The fourth-order valence-electron chi connectivity index (χ4n) is 2.15. The van der Waals surface area contributed by atoms with Crippen molar-refractivity contribution in [2.24, 2.45) is 0 Å². The van der Waals surface area contributed by atoms with Gasteiger partial charge in [-0.3, -0.25) is 0 Å². The maximum atomic E-state index is 11.2. The molecule has 0 amide bonds. The van der Waals surface area contributed by atoms with Gasteiger partial charge in [0.1, 0.15) is 12.4 Å². The van der Waals surface area contributed by atoms with E-state index in [1.165, 1.54) is 0 Å². The Hall–Kier alpha value is -1.68. The van der Waals surface area contributed by atoms with Crippen LogP contribution in [-0.2, 0) is 16.1 Å². The first kappa shape index (κ1) is 11.4. The first-order chi connectivity index (χ1) is 8.75. The topological polar surface area (TPSA) is 46.5 Å². The zero-order valence-electron chi connectivity index (χ0n) is 9.68. The van der Waals surface area contributed by atoms with E-state index in [9.17, 15) is 9.90 Å². The van der Waals surface area contributed by atoms with Crippen LogP contribution in [0.15, 0.2) is 51.5 Å². The Morgan fingerprint density at radius 1 is 1.33 bits per heavy atom. The summed E-state index contributed by atoms with van der Waals surface area (Å²) in [6, 6.07) is 8.04. The number of thioether (sulfide) groups is 1. The first-order valence-corrected chi connectivity index (χ1v) is 6.63. The van der Waals surface area contributed by atoms with Crippen LogP contribution in [0.1, 0.15) is 18.4 Å². The van der Waals surface area contributed by atoms with E-state index in [0.29, 0.717) is 17.9 Å². The van der Waals surface area contributed by atoms with Crippen LogP contribution >= 0.6 is 11.8 Å². The van der Waals surface area contributed by atoms with Gasteiger partial charge >= 0.3 is 5.97 Å². The average Bonchev–Trinajstić information content (AvgIpc) is 2.56. The molecule has 1 aliphatic carbocycles. The van der Waals surface area contributed by atoms with Gasteiger partial charge in [-0.05, 0) is 18.9 Å². The van der Waals surface area contributed by atoms with Gasteiger partial charge in [0.05, 0.1) is 5.57 Å². The van der Waals surface area contributed by atoms with Gasteiger partial charge in [0.15, 0.2) is 0 Å². The van der Waals surface area contributed by atoms with Crippen molar-refractivity contribution in [2.45, 2.75) is 24.3 Å². The predicted molar refractivity (Wildman–Crippen MR) is 69.1 cm³/mol. The Labute approximate surface area is 109 Å². The lowest BCUT2D eigenvalue weighted by Gasteiger charge is -2.16. The molecule has 1 aromatic carbocycles. The van der Waals surface area contributed by atoms with E-state index in [2.05, 4.69) is 6.07 Å². The molecule has 1 aliphatic heterocycles. The molecular weight excluding hydrogens is 248 g/mol. The monoisotopic (exact) mass is 260 g/mol. The number of carboxylic acid groups (broad SMARTS) is 1. The molecule has 0 saturated heterocycles. The molecule has 4 heteroatoms. The van der Waals surface area contributed by atoms with Gasteiger partial charge in [0.2, 0.25) is 0 Å². The molecular formula is C14H12O3S. The molecule has 0 atom stereocenters. The van der Waals surface area contributed by atoms with E-state index in [4.69, 9.17) is 4.74 Å². The standard InChI is InChI=1S/C14H12O3S/c15-14(16)10-5-3-7-12-13(10)17-8-9-4-1-2-6-11(9)18-12/h1-2,4-6H,3,7-8H2,(H,15,16). The molecule has 18 heavy (non-hydrogen) atoms. The fourth-order valence-corrected chi connectivity index (χ4v) is 3.30. The third-order valence-corrected chi connectivity index (χ3v) is 4.28. The Balaban J connectivity index is 2.01. The fraction of sp³-hybridized carbons (Fsp3) is 0.214. The van der Waals surface area contributed by atoms with Gasteiger partial charge in [0.25, 0.3) is 0 Å². The zero-order valence-corrected chi connectivity index (χ0v) is 10.5. The van der Waals surface area contributed by atoms with Crippen LogP contribution in [0.2, 0.25) is 0 Å². The highest BCUT2D eigenvalue weighted by molar-refractivity contribution is 8.03. The van der Waals surface area contributed by atoms with E-state index in [1.54, 1.807) is 17.8 Å². The largest absolute Gasteiger partial charge is 0.487 e. The molecule has 1 N–H and O–H groups in total. The maximum Gasteiger partial charge on any atom is 0.339 e. The van der Waals surface area contributed by atoms with E-state index < -0.39 is 5.97 Å². The van der Waals surface area contributed by atoms with Gasteiger partial charge in [-0.15, -0.1) is 0 Å². The lowest BCUT2D eigenvalue weighted by molar-refractivity contribution is -0.132. The summed E-state index contributed by atoms with van der Waals surface area (Å²) in [5, 5.41) is 9.19. The van der Waals surface area contributed by atoms with Crippen LogP contribution in [0.4, 0.5) is 0 Å². The number of fused-ring (bicyclic) bond motifs is 1. The van der Waals surface area contributed by atoms with Gasteiger partial charge in [-0.1, -0.05) is 36.0 Å². The second-order valence-corrected chi connectivity index (χ2v) is 5.35. The second kappa shape index (κ2) is 4.53. The van der Waals surface area contributed by atoms with Crippen molar-refractivity contribution in [2.75, 3.05) is 0 Å². The summed E-state index contributed by atoms with van der Waals surface area (Å²) < 4.78 is 5.72. The lowest BCUT2D eigenvalue weighted by Crippen LogP contribution is -2.10. The molecule has 0 bridgehead atoms. The summed E-state index contributed by atoms with van der Waals surface area (Å²) in [5.74, 6) is -0.358.